The molecule has 2 amide bonds. The van der Waals surface area contributed by atoms with Crippen LogP contribution in [0.2, 0.25) is 0 Å². The van der Waals surface area contributed by atoms with E-state index in [0.29, 0.717) is 43.0 Å². The monoisotopic (exact) mass is 552 g/mol. The summed E-state index contributed by atoms with van der Waals surface area (Å²) in [6.07, 6.45) is 0.791. The number of aromatic nitrogens is 2. The summed E-state index contributed by atoms with van der Waals surface area (Å²) in [4.78, 5) is 25.9. The number of likely N-dealkylation sites (N-methyl/N-ethyl adjacent to an activating group) is 1. The first-order chi connectivity index (χ1) is 19.3. The lowest BCUT2D eigenvalue weighted by molar-refractivity contribution is -0.142. The van der Waals surface area contributed by atoms with E-state index in [1.807, 2.05) is 45.0 Å². The number of urea groups is 1. The van der Waals surface area contributed by atoms with Crippen LogP contribution in [0.3, 0.4) is 0 Å². The molecule has 1 heterocycles. The van der Waals surface area contributed by atoms with E-state index in [4.69, 9.17) is 9.47 Å². The number of rotatable bonds is 15. The Balaban J connectivity index is 1.89. The van der Waals surface area contributed by atoms with Crippen LogP contribution in [0.15, 0.2) is 49.3 Å². The molecule has 40 heavy (non-hydrogen) atoms. The first-order valence-corrected chi connectivity index (χ1v) is 13.8. The Morgan fingerprint density at radius 3 is 2.42 bits per heavy atom. The van der Waals surface area contributed by atoms with Gasteiger partial charge in [-0.15, -0.1) is 0 Å². The van der Waals surface area contributed by atoms with Gasteiger partial charge in [0.15, 0.2) is 6.29 Å². The van der Waals surface area contributed by atoms with Gasteiger partial charge in [-0.3, -0.25) is 0 Å². The number of carbonyl (C=O) groups excluding carboxylic acids is 1. The minimum Gasteiger partial charge on any atom is -0.351 e. The van der Waals surface area contributed by atoms with Crippen molar-refractivity contribution >= 4 is 39.7 Å². The minimum absolute atomic E-state index is 0.0308. The fourth-order valence-corrected chi connectivity index (χ4v) is 4.25. The molecule has 216 valence electrons. The second-order valence-corrected chi connectivity index (χ2v) is 9.30. The number of ether oxygens (including phenoxy) is 2. The summed E-state index contributed by atoms with van der Waals surface area (Å²) in [6.45, 7) is 17.7. The smallest absolute Gasteiger partial charge is 0.322 e. The third-order valence-electron chi connectivity index (χ3n) is 6.53. The van der Waals surface area contributed by atoms with Gasteiger partial charge >= 0.3 is 6.03 Å². The van der Waals surface area contributed by atoms with Crippen molar-refractivity contribution in [2.24, 2.45) is 0 Å². The SMILES string of the molecule is C=C(C)c1cccc(Nc2ncnc3cc(F)c(NC(=O)N(CCN(CC)CC)CC(OCC)OCC)cc23)c1. The van der Waals surface area contributed by atoms with Crippen molar-refractivity contribution in [3.63, 3.8) is 0 Å². The highest BCUT2D eigenvalue weighted by atomic mass is 19.1. The number of nitrogens with one attached hydrogen (secondary N) is 2. The van der Waals surface area contributed by atoms with Crippen molar-refractivity contribution in [1.29, 1.82) is 0 Å². The van der Waals surface area contributed by atoms with Gasteiger partial charge in [-0.1, -0.05) is 38.1 Å². The molecule has 2 N–H and O–H groups in total. The third kappa shape index (κ3) is 8.45. The summed E-state index contributed by atoms with van der Waals surface area (Å²) >= 11 is 0. The molecule has 0 aliphatic carbocycles. The Morgan fingerprint density at radius 2 is 1.77 bits per heavy atom. The van der Waals surface area contributed by atoms with Gasteiger partial charge in [0.25, 0.3) is 0 Å². The van der Waals surface area contributed by atoms with Crippen LogP contribution in [0.1, 0.15) is 40.2 Å². The van der Waals surface area contributed by atoms with Crippen molar-refractivity contribution in [2.75, 3.05) is 56.6 Å². The number of carbonyl (C=O) groups is 1. The van der Waals surface area contributed by atoms with Gasteiger partial charge in [-0.2, -0.15) is 0 Å². The van der Waals surface area contributed by atoms with Crippen LogP contribution in [0.5, 0.6) is 0 Å². The molecule has 3 rings (SSSR count). The maximum atomic E-state index is 15.2. The number of halogens is 1. The Morgan fingerprint density at radius 1 is 1.05 bits per heavy atom. The van der Waals surface area contributed by atoms with E-state index in [-0.39, 0.29) is 12.2 Å². The molecule has 3 aromatic rings. The molecule has 2 aromatic carbocycles. The Hall–Kier alpha value is -3.60. The Kier molecular flexibility index (Phi) is 11.8. The molecular formula is C30H41FN6O3. The highest BCUT2D eigenvalue weighted by molar-refractivity contribution is 5.97. The fourth-order valence-electron chi connectivity index (χ4n) is 4.25. The summed E-state index contributed by atoms with van der Waals surface area (Å²) < 4.78 is 26.6. The van der Waals surface area contributed by atoms with Gasteiger partial charge in [0.2, 0.25) is 0 Å². The van der Waals surface area contributed by atoms with E-state index in [9.17, 15) is 4.79 Å². The molecule has 0 bridgehead atoms. The number of benzene rings is 2. The maximum Gasteiger partial charge on any atom is 0.322 e. The lowest BCUT2D eigenvalue weighted by Crippen LogP contribution is -2.45. The molecule has 9 nitrogen and oxygen atoms in total. The lowest BCUT2D eigenvalue weighted by Gasteiger charge is -2.29. The fraction of sp³-hybridized carbons (Fsp3) is 0.433. The number of fused-ring (bicyclic) bond motifs is 1. The minimum atomic E-state index is -0.593. The second kappa shape index (κ2) is 15.3. The number of anilines is 3. The highest BCUT2D eigenvalue weighted by Gasteiger charge is 2.22. The average molecular weight is 553 g/mol. The Bertz CT molecular complexity index is 1280. The van der Waals surface area contributed by atoms with E-state index in [2.05, 4.69) is 45.9 Å². The van der Waals surface area contributed by atoms with Crippen LogP contribution in [0.4, 0.5) is 26.4 Å². The zero-order chi connectivity index (χ0) is 29.1. The summed E-state index contributed by atoms with van der Waals surface area (Å²) in [7, 11) is 0. The standard InChI is InChI=1S/C30H41FN6O3/c1-7-36(8-2)14-15-37(19-28(39-9-3)40-10-4)30(38)35-27-17-24-26(18-25(27)31)32-20-33-29(24)34-23-13-11-12-22(16-23)21(5)6/h11-13,16-18,20,28H,5,7-10,14-15,19H2,1-4,6H3,(H,35,38)(H,32,33,34). The van der Waals surface area contributed by atoms with Crippen LogP contribution in [0, 0.1) is 5.82 Å². The van der Waals surface area contributed by atoms with Crippen molar-refractivity contribution < 1.29 is 18.7 Å². The van der Waals surface area contributed by atoms with Gasteiger partial charge in [0.1, 0.15) is 18.0 Å². The number of allylic oxidation sites excluding steroid dienone is 1. The molecule has 10 heteroatoms. The number of hydrogen-bond acceptors (Lipinski definition) is 7. The molecular weight excluding hydrogens is 511 g/mol. The van der Waals surface area contributed by atoms with Gasteiger partial charge in [-0.25, -0.2) is 19.2 Å². The second-order valence-electron chi connectivity index (χ2n) is 9.30. The predicted molar refractivity (Wildman–Crippen MR) is 159 cm³/mol. The van der Waals surface area contributed by atoms with Crippen molar-refractivity contribution in [2.45, 2.75) is 40.9 Å². The topological polar surface area (TPSA) is 91.8 Å². The Labute approximate surface area is 236 Å². The van der Waals surface area contributed by atoms with E-state index < -0.39 is 18.1 Å². The van der Waals surface area contributed by atoms with Crippen LogP contribution >= 0.6 is 0 Å². The van der Waals surface area contributed by atoms with E-state index in [1.165, 1.54) is 12.4 Å². The van der Waals surface area contributed by atoms with Crippen LogP contribution < -0.4 is 10.6 Å². The van der Waals surface area contributed by atoms with Crippen LogP contribution in [-0.2, 0) is 9.47 Å². The van der Waals surface area contributed by atoms with E-state index in [1.54, 1.807) is 11.0 Å². The third-order valence-corrected chi connectivity index (χ3v) is 6.53. The summed E-state index contributed by atoms with van der Waals surface area (Å²) in [5.41, 5.74) is 3.17. The molecule has 0 aliphatic rings. The summed E-state index contributed by atoms with van der Waals surface area (Å²) in [5, 5.41) is 6.61. The van der Waals surface area contributed by atoms with E-state index in [0.717, 1.165) is 29.9 Å². The predicted octanol–water partition coefficient (Wildman–Crippen LogP) is 6.12. The maximum absolute atomic E-state index is 15.2. The summed E-state index contributed by atoms with van der Waals surface area (Å²) in [6, 6.07) is 10.2. The molecule has 0 unspecified atom stereocenters. The molecule has 0 atom stereocenters. The van der Waals surface area contributed by atoms with Gasteiger partial charge in [0.05, 0.1) is 17.7 Å². The molecule has 0 saturated carbocycles. The molecule has 0 fully saturated rings. The van der Waals surface area contributed by atoms with Gasteiger partial charge in [-0.05, 0) is 57.6 Å². The largest absolute Gasteiger partial charge is 0.351 e. The molecule has 0 spiro atoms. The molecule has 0 saturated heterocycles. The first-order valence-electron chi connectivity index (χ1n) is 13.8. The van der Waals surface area contributed by atoms with Crippen LogP contribution in [0.25, 0.3) is 16.5 Å². The number of hydrogen-bond donors (Lipinski definition) is 2. The first kappa shape index (κ1) is 30.9. The van der Waals surface area contributed by atoms with Crippen LogP contribution in [-0.4, -0.2) is 78.0 Å². The highest BCUT2D eigenvalue weighted by Crippen LogP contribution is 2.29. The molecule has 0 radical (unpaired) electrons. The van der Waals surface area contributed by atoms with Crippen molar-refractivity contribution in [3.05, 3.63) is 60.7 Å². The lowest BCUT2D eigenvalue weighted by atomic mass is 10.1. The van der Waals surface area contributed by atoms with Gasteiger partial charge in [0, 0.05) is 43.4 Å². The molecule has 0 aliphatic heterocycles. The van der Waals surface area contributed by atoms with Gasteiger partial charge < -0.3 is 29.9 Å². The average Bonchev–Trinajstić information content (AvgIpc) is 2.94. The van der Waals surface area contributed by atoms with Crippen molar-refractivity contribution in [3.8, 4) is 0 Å². The molecule has 1 aromatic heterocycles. The van der Waals surface area contributed by atoms with Crippen molar-refractivity contribution in [1.82, 2.24) is 19.8 Å². The zero-order valence-corrected chi connectivity index (χ0v) is 24.2. The number of nitrogens with zero attached hydrogens (tertiary/aromatic N) is 4. The zero-order valence-electron chi connectivity index (χ0n) is 24.2. The number of amides is 2. The quantitative estimate of drug-likeness (QED) is 0.220. The summed E-state index contributed by atoms with van der Waals surface area (Å²) in [5.74, 6) is -0.102. The van der Waals surface area contributed by atoms with E-state index >= 15 is 4.39 Å². The normalized spacial score (nSPS) is 11.3.